The molecule has 0 aromatic carbocycles. The van der Waals surface area contributed by atoms with E-state index in [1.807, 2.05) is 0 Å². The summed E-state index contributed by atoms with van der Waals surface area (Å²) in [5.74, 6) is 1.94. The predicted molar refractivity (Wildman–Crippen MR) is 45.5 cm³/mol. The fourth-order valence-corrected chi connectivity index (χ4v) is 1.88. The maximum atomic E-state index is 3.42. The molecule has 1 heterocycles. The van der Waals surface area contributed by atoms with Crippen molar-refractivity contribution >= 4 is 12.4 Å². The third-order valence-electron chi connectivity index (χ3n) is 2.52. The number of allylic oxidation sites excluding steroid dienone is 2. The maximum Gasteiger partial charge on any atom is -0.00142 e. The van der Waals surface area contributed by atoms with E-state index in [1.54, 1.807) is 0 Å². The summed E-state index contributed by atoms with van der Waals surface area (Å²) in [7, 11) is 0. The number of hydrogen-bond donors (Lipinski definition) is 1. The van der Waals surface area contributed by atoms with Crippen LogP contribution in [0.1, 0.15) is 12.8 Å². The molecule has 1 aliphatic heterocycles. The van der Waals surface area contributed by atoms with Crippen LogP contribution < -0.4 is 5.32 Å². The van der Waals surface area contributed by atoms with Crippen LogP contribution in [0.2, 0.25) is 0 Å². The van der Waals surface area contributed by atoms with Gasteiger partial charge in [0.25, 0.3) is 0 Å². The number of rotatable bonds is 0. The van der Waals surface area contributed by atoms with Crippen molar-refractivity contribution in [2.45, 2.75) is 12.8 Å². The van der Waals surface area contributed by atoms with E-state index in [2.05, 4.69) is 17.5 Å². The van der Waals surface area contributed by atoms with Crippen LogP contribution in [0.4, 0.5) is 0 Å². The normalized spacial score (nSPS) is 36.8. The third kappa shape index (κ3) is 1.35. The van der Waals surface area contributed by atoms with Gasteiger partial charge in [-0.1, -0.05) is 12.2 Å². The second-order valence-corrected chi connectivity index (χ2v) is 3.12. The molecular weight excluding hydrogens is 146 g/mol. The predicted octanol–water partition coefficient (Wildman–Crippen LogP) is 1.59. The number of halogens is 1. The lowest BCUT2D eigenvalue weighted by Crippen LogP contribution is -2.13. The van der Waals surface area contributed by atoms with Crippen molar-refractivity contribution < 1.29 is 0 Å². The van der Waals surface area contributed by atoms with E-state index in [0.717, 1.165) is 11.8 Å². The van der Waals surface area contributed by atoms with Crippen molar-refractivity contribution in [3.8, 4) is 0 Å². The lowest BCUT2D eigenvalue weighted by Gasteiger charge is -2.18. The zero-order valence-electron chi connectivity index (χ0n) is 6.05. The first-order valence-electron chi connectivity index (χ1n) is 3.82. The van der Waals surface area contributed by atoms with E-state index in [0.29, 0.717) is 0 Å². The molecule has 0 bridgehead atoms. The topological polar surface area (TPSA) is 12.0 Å². The minimum Gasteiger partial charge on any atom is -0.316 e. The molecule has 10 heavy (non-hydrogen) atoms. The Bertz CT molecular complexity index is 119. The summed E-state index contributed by atoms with van der Waals surface area (Å²) in [5.41, 5.74) is 0. The van der Waals surface area contributed by atoms with Gasteiger partial charge >= 0.3 is 0 Å². The van der Waals surface area contributed by atoms with E-state index in [1.165, 1.54) is 25.9 Å². The van der Waals surface area contributed by atoms with Gasteiger partial charge < -0.3 is 5.32 Å². The van der Waals surface area contributed by atoms with Crippen LogP contribution in [0.25, 0.3) is 0 Å². The molecule has 0 unspecified atom stereocenters. The van der Waals surface area contributed by atoms with Crippen LogP contribution in [-0.2, 0) is 0 Å². The van der Waals surface area contributed by atoms with Crippen molar-refractivity contribution in [3.05, 3.63) is 12.2 Å². The standard InChI is InChI=1S/C8H13N.ClH/c1-2-4-8-6-9-5-7(8)3-1;/h1-2,7-9H,3-6H2;1H/t7-,8+;. The Morgan fingerprint density at radius 3 is 2.00 bits per heavy atom. The van der Waals surface area contributed by atoms with E-state index in [-0.39, 0.29) is 12.4 Å². The second-order valence-electron chi connectivity index (χ2n) is 3.12. The molecule has 58 valence electrons. The number of nitrogens with one attached hydrogen (secondary N) is 1. The van der Waals surface area contributed by atoms with Crippen molar-refractivity contribution in [2.24, 2.45) is 11.8 Å². The van der Waals surface area contributed by atoms with E-state index in [9.17, 15) is 0 Å². The van der Waals surface area contributed by atoms with Crippen molar-refractivity contribution in [3.63, 3.8) is 0 Å². The average Bonchev–Trinajstić information content (AvgIpc) is 2.33. The third-order valence-corrected chi connectivity index (χ3v) is 2.52. The summed E-state index contributed by atoms with van der Waals surface area (Å²) in [5, 5.41) is 3.42. The molecule has 0 aromatic rings. The molecule has 2 aliphatic rings. The largest absolute Gasteiger partial charge is 0.316 e. The van der Waals surface area contributed by atoms with Gasteiger partial charge in [0.2, 0.25) is 0 Å². The highest BCUT2D eigenvalue weighted by Gasteiger charge is 2.26. The maximum absolute atomic E-state index is 3.42. The molecule has 2 rings (SSSR count). The molecule has 1 aliphatic carbocycles. The summed E-state index contributed by atoms with van der Waals surface area (Å²) in [6, 6.07) is 0. The zero-order chi connectivity index (χ0) is 6.10. The van der Waals surface area contributed by atoms with Gasteiger partial charge in [0.15, 0.2) is 0 Å². The quantitative estimate of drug-likeness (QED) is 0.530. The smallest absolute Gasteiger partial charge is 0.00142 e. The van der Waals surface area contributed by atoms with E-state index >= 15 is 0 Å². The van der Waals surface area contributed by atoms with Crippen LogP contribution in [-0.4, -0.2) is 13.1 Å². The fourth-order valence-electron chi connectivity index (χ4n) is 1.88. The van der Waals surface area contributed by atoms with Gasteiger partial charge in [-0.05, 0) is 37.8 Å². The van der Waals surface area contributed by atoms with Gasteiger partial charge in [0.05, 0.1) is 0 Å². The molecule has 2 atom stereocenters. The van der Waals surface area contributed by atoms with Gasteiger partial charge in [-0.25, -0.2) is 0 Å². The summed E-state index contributed by atoms with van der Waals surface area (Å²) in [6.45, 7) is 2.52. The van der Waals surface area contributed by atoms with Gasteiger partial charge in [0.1, 0.15) is 0 Å². The number of fused-ring (bicyclic) bond motifs is 1. The lowest BCUT2D eigenvalue weighted by molar-refractivity contribution is 0.411. The summed E-state index contributed by atoms with van der Waals surface area (Å²) in [4.78, 5) is 0. The molecule has 2 heteroatoms. The Morgan fingerprint density at radius 1 is 1.00 bits per heavy atom. The Morgan fingerprint density at radius 2 is 1.50 bits per heavy atom. The van der Waals surface area contributed by atoms with E-state index in [4.69, 9.17) is 0 Å². The highest BCUT2D eigenvalue weighted by Crippen LogP contribution is 2.27. The summed E-state index contributed by atoms with van der Waals surface area (Å²) >= 11 is 0. The van der Waals surface area contributed by atoms with Gasteiger partial charge in [-0.3, -0.25) is 0 Å². The van der Waals surface area contributed by atoms with Crippen molar-refractivity contribution in [1.82, 2.24) is 5.32 Å². The van der Waals surface area contributed by atoms with Crippen molar-refractivity contribution in [1.29, 1.82) is 0 Å². The van der Waals surface area contributed by atoms with Crippen LogP contribution >= 0.6 is 12.4 Å². The lowest BCUT2D eigenvalue weighted by atomic mass is 9.86. The molecule has 1 N–H and O–H groups in total. The summed E-state index contributed by atoms with van der Waals surface area (Å²) in [6.07, 6.45) is 7.29. The molecule has 1 saturated heterocycles. The molecule has 0 saturated carbocycles. The molecule has 0 aromatic heterocycles. The van der Waals surface area contributed by atoms with E-state index < -0.39 is 0 Å². The Balaban J connectivity index is 0.000000500. The van der Waals surface area contributed by atoms with Gasteiger partial charge in [0, 0.05) is 0 Å². The van der Waals surface area contributed by atoms with Crippen LogP contribution in [0.5, 0.6) is 0 Å². The Hall–Kier alpha value is -0.0100. The Labute approximate surface area is 68.3 Å². The monoisotopic (exact) mass is 159 g/mol. The van der Waals surface area contributed by atoms with Crippen LogP contribution in [0.15, 0.2) is 12.2 Å². The second kappa shape index (κ2) is 3.40. The van der Waals surface area contributed by atoms with Gasteiger partial charge in [-0.15, -0.1) is 12.4 Å². The number of hydrogen-bond acceptors (Lipinski definition) is 1. The highest BCUT2D eigenvalue weighted by molar-refractivity contribution is 5.85. The molecule has 0 radical (unpaired) electrons. The molecule has 0 amide bonds. The molecule has 1 nitrogen and oxygen atoms in total. The molecule has 0 spiro atoms. The van der Waals surface area contributed by atoms with Crippen LogP contribution in [0.3, 0.4) is 0 Å². The summed E-state index contributed by atoms with van der Waals surface area (Å²) < 4.78 is 0. The molecule has 1 fully saturated rings. The minimum absolute atomic E-state index is 0. The minimum atomic E-state index is 0. The SMILES string of the molecule is C1=CC[C@H]2CNC[C@H]2C1.Cl. The first kappa shape index (κ1) is 8.09. The fraction of sp³-hybridized carbons (Fsp3) is 0.750. The Kier molecular flexibility index (Phi) is 2.75. The van der Waals surface area contributed by atoms with Gasteiger partial charge in [-0.2, -0.15) is 0 Å². The first-order valence-corrected chi connectivity index (χ1v) is 3.82. The first-order chi connectivity index (χ1) is 4.47. The van der Waals surface area contributed by atoms with Crippen molar-refractivity contribution in [2.75, 3.05) is 13.1 Å². The average molecular weight is 160 g/mol. The highest BCUT2D eigenvalue weighted by atomic mass is 35.5. The van der Waals surface area contributed by atoms with Crippen LogP contribution in [0, 0.1) is 11.8 Å². The molecular formula is C8H14ClN. The zero-order valence-corrected chi connectivity index (χ0v) is 6.86.